The van der Waals surface area contributed by atoms with E-state index in [-0.39, 0.29) is 6.04 Å². The van der Waals surface area contributed by atoms with Crippen LogP contribution in [0.5, 0.6) is 5.75 Å². The molecule has 128 valence electrons. The highest BCUT2D eigenvalue weighted by Gasteiger charge is 2.21. The molecule has 1 aliphatic rings. The lowest BCUT2D eigenvalue weighted by Gasteiger charge is -2.36. The maximum atomic E-state index is 11.1. The van der Waals surface area contributed by atoms with Crippen LogP contribution in [-0.4, -0.2) is 44.7 Å². The quantitative estimate of drug-likeness (QED) is 0.717. The number of piperazine rings is 1. The van der Waals surface area contributed by atoms with Crippen LogP contribution >= 0.6 is 11.3 Å². The fraction of sp³-hybridized carbons (Fsp3) is 0.444. The van der Waals surface area contributed by atoms with Crippen molar-refractivity contribution in [1.29, 1.82) is 0 Å². The molecule has 1 aliphatic heterocycles. The second kappa shape index (κ2) is 8.26. The molecule has 1 unspecified atom stereocenters. The van der Waals surface area contributed by atoms with Gasteiger partial charge >= 0.3 is 0 Å². The summed E-state index contributed by atoms with van der Waals surface area (Å²) in [5, 5.41) is 7.32. The van der Waals surface area contributed by atoms with Crippen molar-refractivity contribution in [3.8, 4) is 5.75 Å². The summed E-state index contributed by atoms with van der Waals surface area (Å²) in [6.07, 6.45) is 0.787. The minimum Gasteiger partial charge on any atom is -0.495 e. The maximum absolute atomic E-state index is 11.1. The highest BCUT2D eigenvalue weighted by atomic mass is 32.1. The number of thiophene rings is 1. The van der Waals surface area contributed by atoms with E-state index in [1.54, 1.807) is 18.4 Å². The molecule has 0 amide bonds. The second-order valence-corrected chi connectivity index (χ2v) is 6.75. The summed E-state index contributed by atoms with van der Waals surface area (Å²) in [5.74, 6) is 0.925. The molecule has 0 saturated carbocycles. The van der Waals surface area contributed by atoms with Crippen LogP contribution in [0.4, 0.5) is 5.69 Å². The van der Waals surface area contributed by atoms with Gasteiger partial charge in [0, 0.05) is 32.7 Å². The van der Waals surface area contributed by atoms with Crippen molar-refractivity contribution >= 4 is 17.0 Å². The van der Waals surface area contributed by atoms with Crippen molar-refractivity contribution < 1.29 is 4.74 Å². The van der Waals surface area contributed by atoms with E-state index >= 15 is 0 Å². The minimum absolute atomic E-state index is 0.219. The Hall–Kier alpha value is -1.92. The van der Waals surface area contributed by atoms with Gasteiger partial charge in [0.05, 0.1) is 12.8 Å². The zero-order valence-corrected chi connectivity index (χ0v) is 14.7. The molecular weight excluding hydrogens is 322 g/mol. The highest BCUT2D eigenvalue weighted by Crippen LogP contribution is 2.29. The average molecular weight is 345 g/mol. The number of hydrogen-bond acceptors (Lipinski definition) is 6. The molecule has 1 aromatic carbocycles. The van der Waals surface area contributed by atoms with Gasteiger partial charge in [0.2, 0.25) is 0 Å². The predicted octanol–water partition coefficient (Wildman–Crippen LogP) is 3.78. The lowest BCUT2D eigenvalue weighted by atomic mass is 10.1. The Balaban J connectivity index is 1.51. The second-order valence-electron chi connectivity index (χ2n) is 5.97. The lowest BCUT2D eigenvalue weighted by molar-refractivity contribution is 0.248. The third-order valence-corrected chi connectivity index (χ3v) is 5.27. The minimum atomic E-state index is -0.219. The molecular formula is C18H23N3O2S. The molecule has 24 heavy (non-hydrogen) atoms. The molecule has 0 aliphatic carbocycles. The number of nitrogens with zero attached hydrogens (tertiary/aromatic N) is 3. The SMILES string of the molecule is COc1ccccc1N1CCN(CCC(N=O)c2ccsc2)CC1. The van der Waals surface area contributed by atoms with E-state index in [9.17, 15) is 4.91 Å². The Morgan fingerprint density at radius 2 is 2.00 bits per heavy atom. The third-order valence-electron chi connectivity index (χ3n) is 4.57. The normalized spacial score (nSPS) is 16.8. The lowest BCUT2D eigenvalue weighted by Crippen LogP contribution is -2.46. The molecule has 5 nitrogen and oxygen atoms in total. The molecule has 6 heteroatoms. The molecule has 3 rings (SSSR count). The van der Waals surface area contributed by atoms with Gasteiger partial charge in [0.15, 0.2) is 0 Å². The van der Waals surface area contributed by atoms with E-state index in [4.69, 9.17) is 4.74 Å². The van der Waals surface area contributed by atoms with E-state index in [1.165, 1.54) is 0 Å². The van der Waals surface area contributed by atoms with Crippen molar-refractivity contribution in [3.63, 3.8) is 0 Å². The van der Waals surface area contributed by atoms with Crippen LogP contribution in [0, 0.1) is 4.91 Å². The predicted molar refractivity (Wildman–Crippen MR) is 99.1 cm³/mol. The van der Waals surface area contributed by atoms with Crippen LogP contribution in [0.15, 0.2) is 46.3 Å². The van der Waals surface area contributed by atoms with Gasteiger partial charge in [0.1, 0.15) is 11.8 Å². The van der Waals surface area contributed by atoms with Crippen LogP contribution in [0.1, 0.15) is 18.0 Å². The molecule has 0 N–H and O–H groups in total. The number of anilines is 1. The van der Waals surface area contributed by atoms with Crippen molar-refractivity contribution in [1.82, 2.24) is 4.90 Å². The first kappa shape index (κ1) is 16.9. The summed E-state index contributed by atoms with van der Waals surface area (Å²) in [4.78, 5) is 15.9. The van der Waals surface area contributed by atoms with Gasteiger partial charge in [-0.3, -0.25) is 4.90 Å². The molecule has 2 heterocycles. The van der Waals surface area contributed by atoms with Crippen LogP contribution < -0.4 is 9.64 Å². The van der Waals surface area contributed by atoms with Gasteiger partial charge in [0.25, 0.3) is 0 Å². The largest absolute Gasteiger partial charge is 0.495 e. The van der Waals surface area contributed by atoms with E-state index in [1.807, 2.05) is 35.0 Å². The Morgan fingerprint density at radius 3 is 2.67 bits per heavy atom. The molecule has 0 spiro atoms. The fourth-order valence-corrected chi connectivity index (χ4v) is 3.86. The maximum Gasteiger partial charge on any atom is 0.142 e. The number of rotatable bonds is 7. The Bertz CT molecular complexity index is 639. The van der Waals surface area contributed by atoms with Gasteiger partial charge < -0.3 is 9.64 Å². The molecule has 1 fully saturated rings. The Morgan fingerprint density at radius 1 is 1.21 bits per heavy atom. The van der Waals surface area contributed by atoms with Gasteiger partial charge in [-0.2, -0.15) is 16.2 Å². The molecule has 1 saturated heterocycles. The summed E-state index contributed by atoms with van der Waals surface area (Å²) in [6.45, 7) is 4.84. The van der Waals surface area contributed by atoms with Crippen LogP contribution in [0.25, 0.3) is 0 Å². The van der Waals surface area contributed by atoms with E-state index < -0.39 is 0 Å². The zero-order chi connectivity index (χ0) is 16.8. The van der Waals surface area contributed by atoms with Crippen molar-refractivity contribution in [2.75, 3.05) is 44.7 Å². The average Bonchev–Trinajstić information content (AvgIpc) is 3.17. The van der Waals surface area contributed by atoms with Gasteiger partial charge in [-0.25, -0.2) is 0 Å². The highest BCUT2D eigenvalue weighted by molar-refractivity contribution is 7.07. The van der Waals surface area contributed by atoms with E-state index in [0.29, 0.717) is 0 Å². The Labute approximate surface area is 146 Å². The fourth-order valence-electron chi connectivity index (χ4n) is 3.15. The first-order chi connectivity index (χ1) is 11.8. The number of hydrogen-bond donors (Lipinski definition) is 0. The first-order valence-corrected chi connectivity index (χ1v) is 9.21. The number of ether oxygens (including phenoxy) is 1. The standard InChI is InChI=1S/C18H23N3O2S/c1-23-18-5-3-2-4-17(18)21-11-9-20(10-12-21)8-6-16(19-22)15-7-13-24-14-15/h2-5,7,13-14,16H,6,8-12H2,1H3. The number of nitroso groups, excluding NO2 is 1. The summed E-state index contributed by atoms with van der Waals surface area (Å²) in [7, 11) is 1.71. The van der Waals surface area contributed by atoms with Crippen LogP contribution in [-0.2, 0) is 0 Å². The Kier molecular flexibility index (Phi) is 5.82. The van der Waals surface area contributed by atoms with E-state index in [2.05, 4.69) is 21.0 Å². The molecule has 1 aromatic heterocycles. The smallest absolute Gasteiger partial charge is 0.142 e. The summed E-state index contributed by atoms with van der Waals surface area (Å²) in [6, 6.07) is 9.93. The molecule has 1 atom stereocenters. The number of methoxy groups -OCH3 is 1. The van der Waals surface area contributed by atoms with Crippen molar-refractivity contribution in [2.45, 2.75) is 12.5 Å². The molecule has 0 radical (unpaired) electrons. The van der Waals surface area contributed by atoms with Gasteiger partial charge in [-0.05, 0) is 40.9 Å². The zero-order valence-electron chi connectivity index (χ0n) is 13.9. The number of para-hydroxylation sites is 2. The third kappa shape index (κ3) is 3.94. The van der Waals surface area contributed by atoms with Gasteiger partial charge in [-0.1, -0.05) is 17.3 Å². The molecule has 2 aromatic rings. The molecule has 0 bridgehead atoms. The monoisotopic (exact) mass is 345 g/mol. The summed E-state index contributed by atoms with van der Waals surface area (Å²) in [5.41, 5.74) is 2.20. The van der Waals surface area contributed by atoms with Gasteiger partial charge in [-0.15, -0.1) is 0 Å². The summed E-state index contributed by atoms with van der Waals surface area (Å²) < 4.78 is 5.46. The van der Waals surface area contributed by atoms with Crippen LogP contribution in [0.3, 0.4) is 0 Å². The first-order valence-electron chi connectivity index (χ1n) is 8.26. The van der Waals surface area contributed by atoms with Crippen molar-refractivity contribution in [3.05, 3.63) is 51.6 Å². The van der Waals surface area contributed by atoms with Crippen molar-refractivity contribution in [2.24, 2.45) is 5.18 Å². The topological polar surface area (TPSA) is 45.1 Å². The van der Waals surface area contributed by atoms with Crippen LogP contribution in [0.2, 0.25) is 0 Å². The van der Waals surface area contributed by atoms with E-state index in [0.717, 1.165) is 56.1 Å². The summed E-state index contributed by atoms with van der Waals surface area (Å²) >= 11 is 1.62. The number of benzene rings is 1.